The summed E-state index contributed by atoms with van der Waals surface area (Å²) in [5, 5.41) is 16.7. The van der Waals surface area contributed by atoms with E-state index in [1.165, 1.54) is 27.7 Å². The van der Waals surface area contributed by atoms with Crippen LogP contribution in [-0.4, -0.2) is 107 Å². The predicted molar refractivity (Wildman–Crippen MR) is 201 cm³/mol. The van der Waals surface area contributed by atoms with Crippen LogP contribution in [0.25, 0.3) is 0 Å². The van der Waals surface area contributed by atoms with E-state index in [1.54, 1.807) is 13.8 Å². The number of carbonyl (C=O) groups is 2. The topological polar surface area (TPSA) is 272 Å². The summed E-state index contributed by atoms with van der Waals surface area (Å²) in [5.74, 6) is -1.13. The summed E-state index contributed by atoms with van der Waals surface area (Å²) in [6.45, 7) is 10.2. The molecule has 53 heavy (non-hydrogen) atoms. The second-order valence-corrected chi connectivity index (χ2v) is 22.0. The van der Waals surface area contributed by atoms with Crippen molar-refractivity contribution in [3.05, 3.63) is 23.3 Å². The standard InChI is InChI=1S/2C14H23N3O6S3.ClH/c1-4-16-11-8-17(5-6-23-13(18)9(2)3)26(21,22)14-10(11)7-12(24-14)25(15,19)20;1-3-5-16-12-9-17(6-4-7-23-10(2)18)26(21,22)14-11(12)8-13(24-14)25(15,19)20;/h7,9,11,16H,4-6,8H2,1-3H3,(H2,15,19,20);8,12,16H,3-7,9H2,1-2H3,(H2,15,19,20);1H/t11-;12-;/m00./s1. The second kappa shape index (κ2) is 19.4. The third-order valence-corrected chi connectivity index (χ3v) is 17.6. The van der Waals surface area contributed by atoms with Gasteiger partial charge in [-0.2, -0.15) is 8.61 Å². The Morgan fingerprint density at radius 2 is 1.32 bits per heavy atom. The van der Waals surface area contributed by atoms with E-state index in [-0.39, 0.29) is 86.6 Å². The molecule has 25 heteroatoms. The van der Waals surface area contributed by atoms with Crippen molar-refractivity contribution < 1.29 is 52.7 Å². The van der Waals surface area contributed by atoms with Gasteiger partial charge in [-0.25, -0.2) is 43.9 Å². The number of likely N-dealkylation sites (N-methyl/N-ethyl adjacent to an activating group) is 1. The first-order valence-electron chi connectivity index (χ1n) is 16.2. The average Bonchev–Trinajstić information content (AvgIpc) is 3.70. The highest BCUT2D eigenvalue weighted by Gasteiger charge is 2.41. The van der Waals surface area contributed by atoms with Gasteiger partial charge in [0.05, 0.1) is 12.5 Å². The van der Waals surface area contributed by atoms with Crippen molar-refractivity contribution in [1.82, 2.24) is 19.2 Å². The first kappa shape index (κ1) is 47.3. The fourth-order valence-corrected chi connectivity index (χ4v) is 13.7. The monoisotopic (exact) mass is 886 g/mol. The van der Waals surface area contributed by atoms with Crippen LogP contribution in [0, 0.1) is 5.92 Å². The number of fused-ring (bicyclic) bond motifs is 2. The molecule has 0 spiro atoms. The molecule has 0 amide bonds. The minimum absolute atomic E-state index is 0. The molecule has 2 aliphatic heterocycles. The Balaban J connectivity index is 0.000000360. The SMILES string of the molecule is CCCN[C@H]1CN(CCCOC(C)=O)S(=O)(=O)c2sc(S(N)(=O)=O)cc21.CCN[C@H]1CN(CCOC(=O)C(C)C)S(=O)(=O)c2sc(S(N)(=O)=O)cc21.Cl. The third kappa shape index (κ3) is 12.1. The van der Waals surface area contributed by atoms with Crippen LogP contribution in [0.1, 0.15) is 70.7 Å². The molecule has 4 rings (SSSR count). The van der Waals surface area contributed by atoms with E-state index in [9.17, 15) is 43.3 Å². The van der Waals surface area contributed by atoms with Crippen molar-refractivity contribution >= 4 is 87.1 Å². The van der Waals surface area contributed by atoms with E-state index in [4.69, 9.17) is 19.8 Å². The normalized spacial score (nSPS) is 19.6. The quantitative estimate of drug-likeness (QED) is 0.144. The summed E-state index contributed by atoms with van der Waals surface area (Å²) >= 11 is 1.30. The van der Waals surface area contributed by atoms with Crippen LogP contribution in [0.4, 0.5) is 0 Å². The van der Waals surface area contributed by atoms with Crippen LogP contribution in [-0.2, 0) is 59.2 Å². The molecule has 2 atom stereocenters. The third-order valence-electron chi connectivity index (χ3n) is 7.64. The number of halogens is 1. The molecule has 0 saturated carbocycles. The highest BCUT2D eigenvalue weighted by molar-refractivity contribution is 7.94. The number of rotatable bonds is 15. The van der Waals surface area contributed by atoms with Gasteiger partial charge in [-0.3, -0.25) is 9.59 Å². The van der Waals surface area contributed by atoms with Crippen LogP contribution in [0.5, 0.6) is 0 Å². The van der Waals surface area contributed by atoms with Crippen molar-refractivity contribution in [3.63, 3.8) is 0 Å². The van der Waals surface area contributed by atoms with Gasteiger partial charge in [0.1, 0.15) is 23.4 Å². The van der Waals surface area contributed by atoms with Gasteiger partial charge in [0.25, 0.3) is 20.0 Å². The molecule has 18 nitrogen and oxygen atoms in total. The Morgan fingerprint density at radius 1 is 0.849 bits per heavy atom. The molecule has 0 unspecified atom stereocenters. The van der Waals surface area contributed by atoms with E-state index in [0.717, 1.165) is 6.42 Å². The lowest BCUT2D eigenvalue weighted by atomic mass is 10.1. The zero-order valence-electron chi connectivity index (χ0n) is 29.8. The fraction of sp³-hybridized carbons (Fsp3) is 0.643. The van der Waals surface area contributed by atoms with E-state index in [2.05, 4.69) is 10.6 Å². The number of hydrogen-bond donors (Lipinski definition) is 4. The predicted octanol–water partition coefficient (Wildman–Crippen LogP) is 1.07. The van der Waals surface area contributed by atoms with Gasteiger partial charge >= 0.3 is 11.9 Å². The van der Waals surface area contributed by atoms with Gasteiger partial charge in [-0.05, 0) is 38.1 Å². The van der Waals surface area contributed by atoms with Crippen LogP contribution < -0.4 is 20.9 Å². The van der Waals surface area contributed by atoms with Gasteiger partial charge in [-0.15, -0.1) is 35.1 Å². The zero-order chi connectivity index (χ0) is 39.2. The second-order valence-electron chi connectivity index (χ2n) is 12.1. The van der Waals surface area contributed by atoms with Crippen LogP contribution >= 0.6 is 35.1 Å². The summed E-state index contributed by atoms with van der Waals surface area (Å²) in [6, 6.07) is 1.97. The van der Waals surface area contributed by atoms with Gasteiger partial charge in [0, 0.05) is 56.3 Å². The van der Waals surface area contributed by atoms with Crippen LogP contribution in [0.3, 0.4) is 0 Å². The van der Waals surface area contributed by atoms with E-state index in [0.29, 0.717) is 53.3 Å². The molecule has 2 aromatic heterocycles. The Hall–Kier alpha value is -1.81. The first-order valence-corrected chi connectivity index (χ1v) is 23.8. The molecule has 4 heterocycles. The zero-order valence-corrected chi connectivity index (χ0v) is 35.5. The number of nitrogens with one attached hydrogen (secondary N) is 2. The number of primary sulfonamides is 2. The molecule has 0 saturated heterocycles. The molecule has 304 valence electrons. The fourth-order valence-electron chi connectivity index (χ4n) is 5.14. The molecule has 0 aromatic carbocycles. The van der Waals surface area contributed by atoms with Crippen molar-refractivity contribution in [2.45, 2.75) is 76.4 Å². The molecule has 0 aliphatic carbocycles. The van der Waals surface area contributed by atoms with Crippen LogP contribution in [0.2, 0.25) is 0 Å². The number of ether oxygens (including phenoxy) is 2. The first-order chi connectivity index (χ1) is 24.0. The Kier molecular flexibility index (Phi) is 17.3. The van der Waals surface area contributed by atoms with E-state index < -0.39 is 52.0 Å². The number of thiophene rings is 2. The summed E-state index contributed by atoms with van der Waals surface area (Å²) in [6.07, 6.45) is 1.19. The highest BCUT2D eigenvalue weighted by Crippen LogP contribution is 2.41. The molecular weight excluding hydrogens is 840 g/mol. The lowest BCUT2D eigenvalue weighted by molar-refractivity contribution is -0.147. The minimum atomic E-state index is -4.00. The van der Waals surface area contributed by atoms with Gasteiger partial charge in [0.15, 0.2) is 0 Å². The number of nitrogens with zero attached hydrogens (tertiary/aromatic N) is 2. The number of carbonyl (C=O) groups excluding carboxylic acids is 2. The van der Waals surface area contributed by atoms with Gasteiger partial charge < -0.3 is 20.1 Å². The average molecular weight is 888 g/mol. The lowest BCUT2D eigenvalue weighted by Gasteiger charge is -2.32. The van der Waals surface area contributed by atoms with Crippen molar-refractivity contribution in [3.8, 4) is 0 Å². The number of sulfonamides is 4. The summed E-state index contributed by atoms with van der Waals surface area (Å²) in [4.78, 5) is 22.4. The number of nitrogens with two attached hydrogens (primary N) is 2. The maximum absolute atomic E-state index is 12.9. The molecule has 0 radical (unpaired) electrons. The number of esters is 2. The van der Waals surface area contributed by atoms with Crippen molar-refractivity contribution in [2.24, 2.45) is 16.2 Å². The molecule has 0 bridgehead atoms. The maximum atomic E-state index is 12.9. The minimum Gasteiger partial charge on any atom is -0.466 e. The Morgan fingerprint density at radius 3 is 1.74 bits per heavy atom. The molecule has 0 fully saturated rings. The molecule has 2 aliphatic rings. The van der Waals surface area contributed by atoms with Gasteiger partial charge in [-0.1, -0.05) is 27.7 Å². The Bertz CT molecular complexity index is 2040. The Labute approximate surface area is 325 Å². The van der Waals surface area contributed by atoms with E-state index in [1.807, 2.05) is 13.8 Å². The number of hydrogen-bond acceptors (Lipinski definition) is 16. The van der Waals surface area contributed by atoms with Crippen LogP contribution in [0.15, 0.2) is 29.0 Å². The van der Waals surface area contributed by atoms with Crippen molar-refractivity contribution in [2.75, 3.05) is 52.5 Å². The van der Waals surface area contributed by atoms with Gasteiger partial charge in [0.2, 0.25) is 20.0 Å². The summed E-state index contributed by atoms with van der Waals surface area (Å²) in [7, 11) is -15.7. The molecule has 2 aromatic rings. The molecular formula is C28H47ClN6O12S6. The highest BCUT2D eigenvalue weighted by atomic mass is 35.5. The van der Waals surface area contributed by atoms with Crippen molar-refractivity contribution in [1.29, 1.82) is 0 Å². The summed E-state index contributed by atoms with van der Waals surface area (Å²) in [5.41, 5.74) is 0.833. The summed E-state index contributed by atoms with van der Waals surface area (Å²) < 4.78 is 110. The largest absolute Gasteiger partial charge is 0.466 e. The smallest absolute Gasteiger partial charge is 0.308 e. The maximum Gasteiger partial charge on any atom is 0.308 e. The van der Waals surface area contributed by atoms with E-state index >= 15 is 0 Å². The molecule has 6 N–H and O–H groups in total. The lowest BCUT2D eigenvalue weighted by Crippen LogP contribution is -2.44.